The summed E-state index contributed by atoms with van der Waals surface area (Å²) in [6, 6.07) is 0.646. The second kappa shape index (κ2) is 4.05. The lowest BCUT2D eigenvalue weighted by atomic mass is 10.4. The summed E-state index contributed by atoms with van der Waals surface area (Å²) in [5.74, 6) is 2.16. The Bertz CT molecular complexity index is 362. The maximum absolute atomic E-state index is 5.62. The molecule has 2 aliphatic rings. The fourth-order valence-corrected chi connectivity index (χ4v) is 2.45. The molecule has 88 valence electrons. The smallest absolute Gasteiger partial charge is 0.227 e. The molecule has 1 saturated heterocycles. The molecule has 0 unspecified atom stereocenters. The molecule has 5 heteroatoms. The molecule has 1 aliphatic heterocycles. The van der Waals surface area contributed by atoms with Crippen molar-refractivity contribution in [2.24, 2.45) is 5.73 Å². The zero-order chi connectivity index (χ0) is 11.0. The van der Waals surface area contributed by atoms with Crippen molar-refractivity contribution < 1.29 is 0 Å². The SMILES string of the molecule is NCCc1nnc(N2CCCC2)n1C1CC1. The summed E-state index contributed by atoms with van der Waals surface area (Å²) in [6.45, 7) is 2.92. The average Bonchev–Trinajstić information content (AvgIpc) is 2.82. The van der Waals surface area contributed by atoms with Crippen molar-refractivity contribution in [3.63, 3.8) is 0 Å². The lowest BCUT2D eigenvalue weighted by molar-refractivity contribution is 0.665. The molecule has 1 aromatic heterocycles. The molecule has 1 aliphatic carbocycles. The van der Waals surface area contributed by atoms with Crippen molar-refractivity contribution in [1.82, 2.24) is 14.8 Å². The Morgan fingerprint density at radius 1 is 1.19 bits per heavy atom. The monoisotopic (exact) mass is 221 g/mol. The van der Waals surface area contributed by atoms with Gasteiger partial charge in [0.1, 0.15) is 5.82 Å². The number of anilines is 1. The third-order valence-electron chi connectivity index (χ3n) is 3.42. The zero-order valence-electron chi connectivity index (χ0n) is 9.60. The number of aromatic nitrogens is 3. The van der Waals surface area contributed by atoms with Crippen LogP contribution in [0.15, 0.2) is 0 Å². The Kier molecular flexibility index (Phi) is 2.55. The van der Waals surface area contributed by atoms with Gasteiger partial charge in [0.15, 0.2) is 0 Å². The van der Waals surface area contributed by atoms with Gasteiger partial charge >= 0.3 is 0 Å². The lowest BCUT2D eigenvalue weighted by Gasteiger charge is -2.18. The van der Waals surface area contributed by atoms with Crippen molar-refractivity contribution in [2.75, 3.05) is 24.5 Å². The van der Waals surface area contributed by atoms with Crippen molar-refractivity contribution in [2.45, 2.75) is 38.1 Å². The van der Waals surface area contributed by atoms with Gasteiger partial charge in [0.2, 0.25) is 5.95 Å². The molecule has 2 N–H and O–H groups in total. The lowest BCUT2D eigenvalue weighted by Crippen LogP contribution is -2.22. The van der Waals surface area contributed by atoms with Gasteiger partial charge in [-0.15, -0.1) is 10.2 Å². The predicted octanol–water partition coefficient (Wildman–Crippen LogP) is 0.714. The van der Waals surface area contributed by atoms with E-state index in [9.17, 15) is 0 Å². The van der Waals surface area contributed by atoms with Crippen LogP contribution in [0.5, 0.6) is 0 Å². The van der Waals surface area contributed by atoms with E-state index in [1.54, 1.807) is 0 Å². The van der Waals surface area contributed by atoms with Gasteiger partial charge in [-0.25, -0.2) is 0 Å². The molecule has 1 aromatic rings. The van der Waals surface area contributed by atoms with Crippen LogP contribution in [0, 0.1) is 0 Å². The molecular formula is C11H19N5. The van der Waals surface area contributed by atoms with Crippen molar-refractivity contribution in [1.29, 1.82) is 0 Å². The molecular weight excluding hydrogens is 202 g/mol. The number of rotatable bonds is 4. The third-order valence-corrected chi connectivity index (χ3v) is 3.42. The van der Waals surface area contributed by atoms with Crippen LogP contribution in [-0.2, 0) is 6.42 Å². The van der Waals surface area contributed by atoms with Gasteiger partial charge in [-0.3, -0.25) is 4.57 Å². The van der Waals surface area contributed by atoms with E-state index in [4.69, 9.17) is 5.73 Å². The summed E-state index contributed by atoms with van der Waals surface area (Å²) in [6.07, 6.45) is 5.96. The Morgan fingerprint density at radius 2 is 1.94 bits per heavy atom. The fourth-order valence-electron chi connectivity index (χ4n) is 2.45. The highest BCUT2D eigenvalue weighted by Gasteiger charge is 2.31. The Morgan fingerprint density at radius 3 is 2.56 bits per heavy atom. The van der Waals surface area contributed by atoms with E-state index >= 15 is 0 Å². The molecule has 0 amide bonds. The van der Waals surface area contributed by atoms with E-state index in [1.807, 2.05) is 0 Å². The summed E-state index contributed by atoms with van der Waals surface area (Å²) in [4.78, 5) is 2.37. The normalized spacial score (nSPS) is 20.7. The summed E-state index contributed by atoms with van der Waals surface area (Å²) in [5, 5.41) is 8.66. The average molecular weight is 221 g/mol. The molecule has 3 rings (SSSR count). The van der Waals surface area contributed by atoms with Crippen molar-refractivity contribution >= 4 is 5.95 Å². The van der Waals surface area contributed by atoms with Gasteiger partial charge in [0.25, 0.3) is 0 Å². The molecule has 2 heterocycles. The van der Waals surface area contributed by atoms with Gasteiger partial charge in [-0.1, -0.05) is 0 Å². The second-order valence-corrected chi connectivity index (χ2v) is 4.75. The quantitative estimate of drug-likeness (QED) is 0.813. The minimum atomic E-state index is 0.646. The fraction of sp³-hybridized carbons (Fsp3) is 0.818. The zero-order valence-corrected chi connectivity index (χ0v) is 9.60. The number of hydrogen-bond donors (Lipinski definition) is 1. The largest absolute Gasteiger partial charge is 0.341 e. The third kappa shape index (κ3) is 1.69. The first kappa shape index (κ1) is 10.1. The summed E-state index contributed by atoms with van der Waals surface area (Å²) < 4.78 is 2.33. The van der Waals surface area contributed by atoms with Gasteiger partial charge < -0.3 is 10.6 Å². The van der Waals surface area contributed by atoms with Crippen LogP contribution in [0.1, 0.15) is 37.5 Å². The summed E-state index contributed by atoms with van der Waals surface area (Å²) >= 11 is 0. The first-order chi connectivity index (χ1) is 7.90. The first-order valence-electron chi connectivity index (χ1n) is 6.29. The van der Waals surface area contributed by atoms with Crippen LogP contribution in [-0.4, -0.2) is 34.4 Å². The van der Waals surface area contributed by atoms with Crippen LogP contribution in [0.25, 0.3) is 0 Å². The van der Waals surface area contributed by atoms with Crippen LogP contribution >= 0.6 is 0 Å². The number of nitrogens with two attached hydrogens (primary N) is 1. The summed E-state index contributed by atoms with van der Waals surface area (Å²) in [7, 11) is 0. The van der Waals surface area contributed by atoms with E-state index in [2.05, 4.69) is 19.7 Å². The Balaban J connectivity index is 1.90. The molecule has 0 spiro atoms. The molecule has 16 heavy (non-hydrogen) atoms. The predicted molar refractivity (Wildman–Crippen MR) is 62.5 cm³/mol. The van der Waals surface area contributed by atoms with E-state index in [-0.39, 0.29) is 0 Å². The van der Waals surface area contributed by atoms with Gasteiger partial charge in [0, 0.05) is 25.6 Å². The van der Waals surface area contributed by atoms with E-state index in [1.165, 1.54) is 25.7 Å². The standard InChI is InChI=1S/C11H19N5/c12-6-5-10-13-14-11(15-7-1-2-8-15)16(10)9-3-4-9/h9H,1-8,12H2. The molecule has 5 nitrogen and oxygen atoms in total. The van der Waals surface area contributed by atoms with E-state index in [0.717, 1.165) is 31.3 Å². The molecule has 0 bridgehead atoms. The van der Waals surface area contributed by atoms with Crippen LogP contribution in [0.2, 0.25) is 0 Å². The van der Waals surface area contributed by atoms with Crippen LogP contribution < -0.4 is 10.6 Å². The maximum atomic E-state index is 5.62. The molecule has 0 aromatic carbocycles. The van der Waals surface area contributed by atoms with E-state index in [0.29, 0.717) is 12.6 Å². The van der Waals surface area contributed by atoms with Crippen LogP contribution in [0.4, 0.5) is 5.95 Å². The molecule has 0 atom stereocenters. The second-order valence-electron chi connectivity index (χ2n) is 4.75. The first-order valence-corrected chi connectivity index (χ1v) is 6.29. The maximum Gasteiger partial charge on any atom is 0.227 e. The minimum absolute atomic E-state index is 0.646. The van der Waals surface area contributed by atoms with Crippen molar-refractivity contribution in [3.8, 4) is 0 Å². The minimum Gasteiger partial charge on any atom is -0.341 e. The van der Waals surface area contributed by atoms with Crippen LogP contribution in [0.3, 0.4) is 0 Å². The number of hydrogen-bond acceptors (Lipinski definition) is 4. The Hall–Kier alpha value is -1.10. The topological polar surface area (TPSA) is 60.0 Å². The van der Waals surface area contributed by atoms with Gasteiger partial charge in [-0.05, 0) is 32.2 Å². The highest BCUT2D eigenvalue weighted by atomic mass is 15.4. The van der Waals surface area contributed by atoms with Gasteiger partial charge in [-0.2, -0.15) is 0 Å². The molecule has 2 fully saturated rings. The van der Waals surface area contributed by atoms with Gasteiger partial charge in [0.05, 0.1) is 0 Å². The summed E-state index contributed by atoms with van der Waals surface area (Å²) in [5.41, 5.74) is 5.62. The highest BCUT2D eigenvalue weighted by Crippen LogP contribution is 2.39. The Labute approximate surface area is 95.6 Å². The number of nitrogens with zero attached hydrogens (tertiary/aromatic N) is 4. The van der Waals surface area contributed by atoms with Crippen molar-refractivity contribution in [3.05, 3.63) is 5.82 Å². The molecule has 0 radical (unpaired) electrons. The van der Waals surface area contributed by atoms with E-state index < -0.39 is 0 Å². The molecule has 1 saturated carbocycles. The highest BCUT2D eigenvalue weighted by molar-refractivity contribution is 5.34.